The molecule has 138 valence electrons. The molecule has 2 aromatic rings. The van der Waals surface area contributed by atoms with Gasteiger partial charge in [0.1, 0.15) is 0 Å². The van der Waals surface area contributed by atoms with Crippen LogP contribution in [0.4, 0.5) is 0 Å². The Hall–Kier alpha value is -1.52. The summed E-state index contributed by atoms with van der Waals surface area (Å²) in [5, 5.41) is 0. The lowest BCUT2D eigenvalue weighted by molar-refractivity contribution is 0.0590. The Morgan fingerprint density at radius 3 is 2.56 bits per heavy atom. The molecule has 0 fully saturated rings. The SMILES string of the molecule is COC(=O)c1ncsc1S(=O)(=O)N(CCN)CCc1ccccc1.Cl. The van der Waals surface area contributed by atoms with E-state index in [-0.39, 0.29) is 41.9 Å². The fourth-order valence-electron chi connectivity index (χ4n) is 2.16. The number of aromatic nitrogens is 1. The lowest BCUT2D eigenvalue weighted by Crippen LogP contribution is -2.37. The first-order valence-corrected chi connectivity index (χ1v) is 9.58. The number of hydrogen-bond donors (Lipinski definition) is 1. The van der Waals surface area contributed by atoms with Crippen molar-refractivity contribution in [2.24, 2.45) is 5.73 Å². The molecule has 2 N–H and O–H groups in total. The first kappa shape index (κ1) is 21.5. The number of sulfonamides is 1. The molecular formula is C15H20ClN3O4S2. The minimum atomic E-state index is -3.87. The van der Waals surface area contributed by atoms with E-state index in [1.807, 2.05) is 30.3 Å². The van der Waals surface area contributed by atoms with Crippen molar-refractivity contribution in [1.29, 1.82) is 0 Å². The van der Waals surface area contributed by atoms with Crippen LogP contribution in [0.3, 0.4) is 0 Å². The predicted molar refractivity (Wildman–Crippen MR) is 98.7 cm³/mol. The number of esters is 1. The molecule has 0 amide bonds. The Morgan fingerprint density at radius 2 is 1.96 bits per heavy atom. The Labute approximate surface area is 157 Å². The number of hydrogen-bond acceptors (Lipinski definition) is 7. The maximum atomic E-state index is 12.9. The molecule has 0 atom stereocenters. The third-order valence-electron chi connectivity index (χ3n) is 3.36. The number of nitrogens with two attached hydrogens (primary N) is 1. The van der Waals surface area contributed by atoms with Crippen LogP contribution in [-0.2, 0) is 21.2 Å². The topological polar surface area (TPSA) is 103 Å². The molecule has 0 spiro atoms. The Bertz CT molecular complexity index is 781. The summed E-state index contributed by atoms with van der Waals surface area (Å²) in [5.41, 5.74) is 7.71. The number of carbonyl (C=O) groups excluding carboxylic acids is 1. The number of carbonyl (C=O) groups is 1. The van der Waals surface area contributed by atoms with Crippen molar-refractivity contribution in [2.45, 2.75) is 10.6 Å². The quantitative estimate of drug-likeness (QED) is 0.668. The smallest absolute Gasteiger partial charge is 0.358 e. The highest BCUT2D eigenvalue weighted by molar-refractivity contribution is 7.91. The second-order valence-electron chi connectivity index (χ2n) is 4.91. The van der Waals surface area contributed by atoms with E-state index in [1.54, 1.807) is 0 Å². The van der Waals surface area contributed by atoms with Gasteiger partial charge in [-0.3, -0.25) is 0 Å². The second-order valence-corrected chi connectivity index (χ2v) is 7.90. The first-order valence-electron chi connectivity index (χ1n) is 7.26. The molecule has 7 nitrogen and oxygen atoms in total. The summed E-state index contributed by atoms with van der Waals surface area (Å²) < 4.78 is 31.5. The van der Waals surface area contributed by atoms with Crippen molar-refractivity contribution in [2.75, 3.05) is 26.7 Å². The monoisotopic (exact) mass is 405 g/mol. The van der Waals surface area contributed by atoms with E-state index in [1.165, 1.54) is 16.9 Å². The molecule has 1 heterocycles. The van der Waals surface area contributed by atoms with Crippen molar-refractivity contribution >= 4 is 39.7 Å². The number of thiazole rings is 1. The van der Waals surface area contributed by atoms with Gasteiger partial charge in [0.05, 0.1) is 12.6 Å². The van der Waals surface area contributed by atoms with Crippen LogP contribution in [-0.4, -0.2) is 50.4 Å². The average molecular weight is 406 g/mol. The molecule has 10 heteroatoms. The molecule has 2 rings (SSSR count). The minimum absolute atomic E-state index is 0. The normalized spacial score (nSPS) is 11.2. The van der Waals surface area contributed by atoms with Gasteiger partial charge in [-0.05, 0) is 12.0 Å². The van der Waals surface area contributed by atoms with E-state index in [0.29, 0.717) is 6.42 Å². The number of halogens is 1. The minimum Gasteiger partial charge on any atom is -0.464 e. The van der Waals surface area contributed by atoms with Gasteiger partial charge in [-0.15, -0.1) is 23.7 Å². The first-order chi connectivity index (χ1) is 11.5. The van der Waals surface area contributed by atoms with E-state index >= 15 is 0 Å². The van der Waals surface area contributed by atoms with Crippen molar-refractivity contribution in [3.63, 3.8) is 0 Å². The molecule has 0 saturated heterocycles. The largest absolute Gasteiger partial charge is 0.464 e. The maximum absolute atomic E-state index is 12.9. The maximum Gasteiger partial charge on any atom is 0.358 e. The predicted octanol–water partition coefficient (Wildman–Crippen LogP) is 1.54. The summed E-state index contributed by atoms with van der Waals surface area (Å²) in [6.07, 6.45) is 0.548. The molecule has 0 aliphatic heterocycles. The zero-order chi connectivity index (χ0) is 17.6. The highest BCUT2D eigenvalue weighted by atomic mass is 35.5. The van der Waals surface area contributed by atoms with Crippen LogP contribution in [0.25, 0.3) is 0 Å². The van der Waals surface area contributed by atoms with Crippen LogP contribution in [0.15, 0.2) is 40.1 Å². The Morgan fingerprint density at radius 1 is 1.28 bits per heavy atom. The third-order valence-corrected chi connectivity index (χ3v) is 6.60. The zero-order valence-electron chi connectivity index (χ0n) is 13.6. The molecule has 0 bridgehead atoms. The molecule has 1 aromatic heterocycles. The van der Waals surface area contributed by atoms with Gasteiger partial charge in [0.25, 0.3) is 10.0 Å². The van der Waals surface area contributed by atoms with Gasteiger partial charge in [0.2, 0.25) is 0 Å². The molecule has 25 heavy (non-hydrogen) atoms. The van der Waals surface area contributed by atoms with Gasteiger partial charge >= 0.3 is 5.97 Å². The number of nitrogens with zero attached hydrogens (tertiary/aromatic N) is 2. The van der Waals surface area contributed by atoms with Gasteiger partial charge < -0.3 is 10.5 Å². The van der Waals surface area contributed by atoms with Crippen molar-refractivity contribution in [3.05, 3.63) is 47.1 Å². The molecule has 0 aliphatic carbocycles. The Kier molecular flexibility index (Phi) is 8.46. The summed E-state index contributed by atoms with van der Waals surface area (Å²) in [6, 6.07) is 9.56. The lowest BCUT2D eigenvalue weighted by Gasteiger charge is -2.21. The van der Waals surface area contributed by atoms with E-state index in [0.717, 1.165) is 16.9 Å². The molecule has 0 aliphatic rings. The average Bonchev–Trinajstić information content (AvgIpc) is 3.09. The zero-order valence-corrected chi connectivity index (χ0v) is 16.1. The van der Waals surface area contributed by atoms with Crippen LogP contribution >= 0.6 is 23.7 Å². The van der Waals surface area contributed by atoms with Gasteiger partial charge in [-0.25, -0.2) is 18.2 Å². The van der Waals surface area contributed by atoms with Crippen LogP contribution in [0, 0.1) is 0 Å². The van der Waals surface area contributed by atoms with E-state index in [9.17, 15) is 13.2 Å². The van der Waals surface area contributed by atoms with E-state index in [4.69, 9.17) is 5.73 Å². The van der Waals surface area contributed by atoms with Crippen LogP contribution in [0.1, 0.15) is 16.1 Å². The highest BCUT2D eigenvalue weighted by Crippen LogP contribution is 2.25. The standard InChI is InChI=1S/C15H19N3O4S2.ClH/c1-22-14(19)13-15(23-11-17-13)24(20,21)18(10-8-16)9-7-12-5-3-2-4-6-12;/h2-6,11H,7-10,16H2,1H3;1H. The van der Waals surface area contributed by atoms with Crippen molar-refractivity contribution in [1.82, 2.24) is 9.29 Å². The highest BCUT2D eigenvalue weighted by Gasteiger charge is 2.31. The second kappa shape index (κ2) is 9.83. The number of benzene rings is 1. The van der Waals surface area contributed by atoms with Crippen molar-refractivity contribution in [3.8, 4) is 0 Å². The summed E-state index contributed by atoms with van der Waals surface area (Å²) in [5.74, 6) is -0.773. The number of methoxy groups -OCH3 is 1. The molecule has 0 saturated carbocycles. The fraction of sp³-hybridized carbons (Fsp3) is 0.333. The van der Waals surface area contributed by atoms with Gasteiger partial charge in [-0.1, -0.05) is 30.3 Å². The van der Waals surface area contributed by atoms with Gasteiger partial charge in [0, 0.05) is 19.6 Å². The molecule has 1 aromatic carbocycles. The summed E-state index contributed by atoms with van der Waals surface area (Å²) in [7, 11) is -2.68. The summed E-state index contributed by atoms with van der Waals surface area (Å²) in [6.45, 7) is 0.607. The Balaban J connectivity index is 0.00000312. The van der Waals surface area contributed by atoms with Gasteiger partial charge in [0.15, 0.2) is 9.90 Å². The van der Waals surface area contributed by atoms with E-state index in [2.05, 4.69) is 9.72 Å². The molecular weight excluding hydrogens is 386 g/mol. The van der Waals surface area contributed by atoms with Gasteiger partial charge in [-0.2, -0.15) is 4.31 Å². The fourth-order valence-corrected chi connectivity index (χ4v) is 4.89. The summed E-state index contributed by atoms with van der Waals surface area (Å²) >= 11 is 0.894. The number of rotatable bonds is 8. The summed E-state index contributed by atoms with van der Waals surface area (Å²) in [4.78, 5) is 15.5. The van der Waals surface area contributed by atoms with E-state index < -0.39 is 16.0 Å². The lowest BCUT2D eigenvalue weighted by atomic mass is 10.1. The number of ether oxygens (including phenoxy) is 1. The third kappa shape index (κ3) is 5.23. The van der Waals surface area contributed by atoms with Crippen LogP contribution < -0.4 is 5.73 Å². The molecule has 0 unspecified atom stereocenters. The molecule has 0 radical (unpaired) electrons. The van der Waals surface area contributed by atoms with Crippen molar-refractivity contribution < 1.29 is 17.9 Å². The van der Waals surface area contributed by atoms with Crippen LogP contribution in [0.2, 0.25) is 0 Å². The van der Waals surface area contributed by atoms with Crippen LogP contribution in [0.5, 0.6) is 0 Å².